The van der Waals surface area contributed by atoms with Crippen molar-refractivity contribution in [3.8, 4) is 28.1 Å². The monoisotopic (exact) mass is 536 g/mol. The summed E-state index contributed by atoms with van der Waals surface area (Å²) in [7, 11) is 0. The van der Waals surface area contributed by atoms with E-state index in [4.69, 9.17) is 21.3 Å². The number of amides is 1. The molecule has 1 N–H and O–H groups in total. The van der Waals surface area contributed by atoms with Crippen molar-refractivity contribution in [3.63, 3.8) is 0 Å². The fourth-order valence-corrected chi connectivity index (χ4v) is 4.18. The number of aromatic nitrogens is 1. The molecule has 0 aliphatic carbocycles. The van der Waals surface area contributed by atoms with Crippen molar-refractivity contribution in [2.75, 3.05) is 6.61 Å². The zero-order chi connectivity index (χ0) is 27.2. The van der Waals surface area contributed by atoms with Crippen LogP contribution in [0.15, 0.2) is 108 Å². The molecule has 1 amide bonds. The lowest BCUT2D eigenvalue weighted by molar-refractivity contribution is -0.384. The van der Waals surface area contributed by atoms with E-state index in [1.807, 2.05) is 54.6 Å². The number of non-ortho nitro benzene ring substituents is 1. The van der Waals surface area contributed by atoms with E-state index in [0.717, 1.165) is 33.3 Å². The molecule has 0 aliphatic rings. The van der Waals surface area contributed by atoms with Crippen molar-refractivity contribution in [1.82, 2.24) is 10.4 Å². The number of hydrogen-bond donors (Lipinski definition) is 1. The maximum absolute atomic E-state index is 12.1. The molecule has 0 spiro atoms. The van der Waals surface area contributed by atoms with Gasteiger partial charge in [0, 0.05) is 33.7 Å². The summed E-state index contributed by atoms with van der Waals surface area (Å²) < 4.78 is 5.58. The van der Waals surface area contributed by atoms with Gasteiger partial charge < -0.3 is 4.74 Å². The van der Waals surface area contributed by atoms with Crippen molar-refractivity contribution in [2.24, 2.45) is 5.10 Å². The Kier molecular flexibility index (Phi) is 7.56. The van der Waals surface area contributed by atoms with Gasteiger partial charge in [-0.3, -0.25) is 14.9 Å². The zero-order valence-electron chi connectivity index (χ0n) is 20.5. The first-order chi connectivity index (χ1) is 19.0. The van der Waals surface area contributed by atoms with Gasteiger partial charge in [-0.15, -0.1) is 0 Å². The van der Waals surface area contributed by atoms with Crippen LogP contribution in [0.1, 0.15) is 5.56 Å². The van der Waals surface area contributed by atoms with E-state index >= 15 is 0 Å². The molecule has 1 heterocycles. The van der Waals surface area contributed by atoms with Gasteiger partial charge in [0.25, 0.3) is 11.6 Å². The topological polar surface area (TPSA) is 107 Å². The van der Waals surface area contributed by atoms with Crippen LogP contribution in [0.3, 0.4) is 0 Å². The summed E-state index contributed by atoms with van der Waals surface area (Å²) in [6.45, 7) is -0.251. The number of nitrogens with zero attached hydrogens (tertiary/aromatic N) is 3. The lowest BCUT2D eigenvalue weighted by Gasteiger charge is -2.11. The van der Waals surface area contributed by atoms with E-state index in [0.29, 0.717) is 16.3 Å². The average Bonchev–Trinajstić information content (AvgIpc) is 2.96. The summed E-state index contributed by atoms with van der Waals surface area (Å²) in [6, 6.07) is 31.0. The molecule has 39 heavy (non-hydrogen) atoms. The molecule has 8 nitrogen and oxygen atoms in total. The first-order valence-electron chi connectivity index (χ1n) is 11.9. The zero-order valence-corrected chi connectivity index (χ0v) is 21.2. The molecule has 0 aliphatic heterocycles. The minimum atomic E-state index is -0.497. The predicted octanol–water partition coefficient (Wildman–Crippen LogP) is 6.66. The van der Waals surface area contributed by atoms with Crippen LogP contribution in [0, 0.1) is 10.1 Å². The van der Waals surface area contributed by atoms with Crippen molar-refractivity contribution >= 4 is 40.3 Å². The molecule has 5 rings (SSSR count). The third-order valence-electron chi connectivity index (χ3n) is 5.86. The first-order valence-corrected chi connectivity index (χ1v) is 12.3. The normalized spacial score (nSPS) is 11.0. The second-order valence-corrected chi connectivity index (χ2v) is 8.98. The number of hydrogen-bond acceptors (Lipinski definition) is 6. The van der Waals surface area contributed by atoms with Gasteiger partial charge in [0.1, 0.15) is 5.75 Å². The summed E-state index contributed by atoms with van der Waals surface area (Å²) in [5.41, 5.74) is 7.38. The Hall–Kier alpha value is -5.08. The molecule has 0 atom stereocenters. The molecule has 0 saturated heterocycles. The fraction of sp³-hybridized carbons (Fsp3) is 0.0333. The number of rotatable bonds is 8. The molecule has 0 radical (unpaired) electrons. The molecule has 0 saturated carbocycles. The molecular weight excluding hydrogens is 516 g/mol. The van der Waals surface area contributed by atoms with E-state index in [1.165, 1.54) is 18.3 Å². The van der Waals surface area contributed by atoms with Gasteiger partial charge in [-0.2, -0.15) is 5.10 Å². The molecule has 192 valence electrons. The van der Waals surface area contributed by atoms with Crippen molar-refractivity contribution in [2.45, 2.75) is 0 Å². The highest BCUT2D eigenvalue weighted by molar-refractivity contribution is 6.31. The highest BCUT2D eigenvalue weighted by atomic mass is 35.5. The minimum absolute atomic E-state index is 0.0587. The van der Waals surface area contributed by atoms with Crippen LogP contribution >= 0.6 is 11.6 Å². The van der Waals surface area contributed by atoms with E-state index in [2.05, 4.69) is 22.7 Å². The summed E-state index contributed by atoms with van der Waals surface area (Å²) in [5, 5.41) is 16.3. The van der Waals surface area contributed by atoms with Gasteiger partial charge in [0.05, 0.1) is 22.3 Å². The van der Waals surface area contributed by atoms with E-state index in [-0.39, 0.29) is 12.3 Å². The fourth-order valence-electron chi connectivity index (χ4n) is 4.00. The number of carbonyl (C=O) groups is 1. The van der Waals surface area contributed by atoms with Crippen LogP contribution < -0.4 is 10.2 Å². The molecule has 0 unspecified atom stereocenters. The predicted molar refractivity (Wildman–Crippen MR) is 152 cm³/mol. The molecule has 0 bridgehead atoms. The number of benzene rings is 4. The molecule has 1 aromatic heterocycles. The summed E-state index contributed by atoms with van der Waals surface area (Å²) in [6.07, 6.45) is 1.33. The Labute approximate surface area is 228 Å². The number of nitrogens with one attached hydrogen (secondary N) is 1. The highest BCUT2D eigenvalue weighted by Crippen LogP contribution is 2.33. The molecule has 5 aromatic rings. The number of ether oxygens (including phenoxy) is 1. The molecule has 0 fully saturated rings. The van der Waals surface area contributed by atoms with Gasteiger partial charge >= 0.3 is 0 Å². The average molecular weight is 537 g/mol. The molecular formula is C30H21ClN4O4. The maximum atomic E-state index is 12.1. The summed E-state index contributed by atoms with van der Waals surface area (Å²) >= 11 is 6.28. The molecule has 4 aromatic carbocycles. The summed E-state index contributed by atoms with van der Waals surface area (Å²) in [4.78, 5) is 27.3. The Morgan fingerprint density at radius 1 is 0.949 bits per heavy atom. The number of hydrazone groups is 1. The number of nitro benzene ring substituents is 1. The number of nitro groups is 1. The van der Waals surface area contributed by atoms with Crippen LogP contribution in [0.5, 0.6) is 5.75 Å². The maximum Gasteiger partial charge on any atom is 0.277 e. The van der Waals surface area contributed by atoms with Crippen LogP contribution in [-0.2, 0) is 4.79 Å². The van der Waals surface area contributed by atoms with Gasteiger partial charge in [-0.25, -0.2) is 10.4 Å². The van der Waals surface area contributed by atoms with Gasteiger partial charge in [-0.05, 0) is 59.7 Å². The third-order valence-corrected chi connectivity index (χ3v) is 6.09. The van der Waals surface area contributed by atoms with Crippen molar-refractivity contribution in [3.05, 3.63) is 124 Å². The molecule has 9 heteroatoms. The second-order valence-electron chi connectivity index (χ2n) is 8.54. The van der Waals surface area contributed by atoms with Crippen molar-refractivity contribution < 1.29 is 14.5 Å². The Bertz CT molecular complexity index is 1690. The van der Waals surface area contributed by atoms with E-state index < -0.39 is 10.8 Å². The summed E-state index contributed by atoms with van der Waals surface area (Å²) in [5.74, 6) is 0.0375. The smallest absolute Gasteiger partial charge is 0.277 e. The quantitative estimate of drug-likeness (QED) is 0.135. The number of carbonyl (C=O) groups excluding carboxylic acids is 1. The SMILES string of the molecule is O=C(COc1ccc(-c2cc(-c3ccccc3)c3cc(Cl)ccc3n2)cc1)N/N=C\c1cccc([N+](=O)[O-])c1. The van der Waals surface area contributed by atoms with Crippen LogP contribution in [0.2, 0.25) is 5.02 Å². The third kappa shape index (κ3) is 6.26. The minimum Gasteiger partial charge on any atom is -0.484 e. The van der Waals surface area contributed by atoms with Gasteiger partial charge in [-0.1, -0.05) is 54.1 Å². The Balaban J connectivity index is 1.26. The van der Waals surface area contributed by atoms with Crippen LogP contribution in [-0.4, -0.2) is 28.6 Å². The Morgan fingerprint density at radius 3 is 2.51 bits per heavy atom. The number of fused-ring (bicyclic) bond motifs is 1. The van der Waals surface area contributed by atoms with Crippen molar-refractivity contribution in [1.29, 1.82) is 0 Å². The standard InChI is InChI=1S/C30H21ClN4O4/c31-23-11-14-28-27(16-23)26(21-6-2-1-3-7-21)17-29(33-28)22-9-12-25(13-10-22)39-19-30(36)34-32-18-20-5-4-8-24(15-20)35(37)38/h1-18H,19H2,(H,34,36)/b32-18-. The second kappa shape index (κ2) is 11.5. The lowest BCUT2D eigenvalue weighted by atomic mass is 9.98. The van der Waals surface area contributed by atoms with E-state index in [1.54, 1.807) is 24.3 Å². The van der Waals surface area contributed by atoms with Gasteiger partial charge in [0.15, 0.2) is 6.61 Å². The van der Waals surface area contributed by atoms with Crippen LogP contribution in [0.4, 0.5) is 5.69 Å². The largest absolute Gasteiger partial charge is 0.484 e. The number of halogens is 1. The lowest BCUT2D eigenvalue weighted by Crippen LogP contribution is -2.24. The van der Waals surface area contributed by atoms with Crippen LogP contribution in [0.25, 0.3) is 33.3 Å². The van der Waals surface area contributed by atoms with Gasteiger partial charge in [0.2, 0.25) is 0 Å². The first kappa shape index (κ1) is 25.6. The Morgan fingerprint density at radius 2 is 1.74 bits per heavy atom. The highest BCUT2D eigenvalue weighted by Gasteiger charge is 2.11. The number of pyridine rings is 1. The van der Waals surface area contributed by atoms with E-state index in [9.17, 15) is 14.9 Å².